The molecule has 3 nitrogen and oxygen atoms in total. The molecule has 3 heteroatoms. The summed E-state index contributed by atoms with van der Waals surface area (Å²) in [5, 5.41) is 0. The molecule has 0 saturated heterocycles. The minimum atomic E-state index is -0.188. The molecule has 0 N–H and O–H groups in total. The van der Waals surface area contributed by atoms with Crippen LogP contribution in [0.2, 0.25) is 0 Å². The molecule has 0 radical (unpaired) electrons. The Morgan fingerprint density at radius 2 is 1.86 bits per heavy atom. The summed E-state index contributed by atoms with van der Waals surface area (Å²) in [5.41, 5.74) is 0. The third kappa shape index (κ3) is 5.02. The SMILES string of the molecule is C=CCOC(=O)CN(C(C)C)C(C)C. The first-order chi connectivity index (χ1) is 6.49. The van der Waals surface area contributed by atoms with E-state index in [4.69, 9.17) is 4.74 Å². The van der Waals surface area contributed by atoms with Crippen LogP contribution in [0.15, 0.2) is 12.7 Å². The summed E-state index contributed by atoms with van der Waals surface area (Å²) in [7, 11) is 0. The zero-order chi connectivity index (χ0) is 11.1. The predicted octanol–water partition coefficient (Wildman–Crippen LogP) is 1.83. The highest BCUT2D eigenvalue weighted by Crippen LogP contribution is 2.04. The Balaban J connectivity index is 4.03. The molecule has 0 aliphatic rings. The van der Waals surface area contributed by atoms with Crippen LogP contribution in [-0.4, -0.2) is 36.1 Å². The van der Waals surface area contributed by atoms with Gasteiger partial charge in [-0.2, -0.15) is 0 Å². The maximum Gasteiger partial charge on any atom is 0.320 e. The Morgan fingerprint density at radius 3 is 2.21 bits per heavy atom. The smallest absolute Gasteiger partial charge is 0.320 e. The molecule has 0 fully saturated rings. The molecule has 0 spiro atoms. The lowest BCUT2D eigenvalue weighted by Gasteiger charge is -2.29. The van der Waals surface area contributed by atoms with E-state index >= 15 is 0 Å². The number of nitrogens with zero attached hydrogens (tertiary/aromatic N) is 1. The van der Waals surface area contributed by atoms with Crippen molar-refractivity contribution in [3.63, 3.8) is 0 Å². The van der Waals surface area contributed by atoms with Gasteiger partial charge in [0.25, 0.3) is 0 Å². The van der Waals surface area contributed by atoms with Crippen molar-refractivity contribution in [2.45, 2.75) is 39.8 Å². The average molecular weight is 199 g/mol. The van der Waals surface area contributed by atoms with Crippen LogP contribution < -0.4 is 0 Å². The van der Waals surface area contributed by atoms with Gasteiger partial charge in [-0.25, -0.2) is 0 Å². The van der Waals surface area contributed by atoms with Gasteiger partial charge < -0.3 is 4.74 Å². The Hall–Kier alpha value is -0.830. The summed E-state index contributed by atoms with van der Waals surface area (Å²) in [6.07, 6.45) is 1.58. The largest absolute Gasteiger partial charge is 0.461 e. The maximum absolute atomic E-state index is 11.3. The average Bonchev–Trinajstić information content (AvgIpc) is 2.09. The molecule has 0 unspecified atom stereocenters. The quantitative estimate of drug-likeness (QED) is 0.483. The van der Waals surface area contributed by atoms with Gasteiger partial charge >= 0.3 is 5.97 Å². The number of rotatable bonds is 6. The van der Waals surface area contributed by atoms with E-state index in [0.717, 1.165) is 0 Å². The first-order valence-corrected chi connectivity index (χ1v) is 5.01. The van der Waals surface area contributed by atoms with Gasteiger partial charge in [0.2, 0.25) is 0 Å². The Bertz CT molecular complexity index is 180. The van der Waals surface area contributed by atoms with E-state index in [-0.39, 0.29) is 5.97 Å². The molecular formula is C11H21NO2. The van der Waals surface area contributed by atoms with Crippen molar-refractivity contribution < 1.29 is 9.53 Å². The Labute approximate surface area is 86.7 Å². The molecule has 0 atom stereocenters. The van der Waals surface area contributed by atoms with Crippen molar-refractivity contribution in [1.29, 1.82) is 0 Å². The molecule has 0 aromatic heterocycles. The van der Waals surface area contributed by atoms with Gasteiger partial charge in [-0.05, 0) is 27.7 Å². The number of carbonyl (C=O) groups excluding carboxylic acids is 1. The van der Waals surface area contributed by atoms with Gasteiger partial charge in [0.1, 0.15) is 6.61 Å². The standard InChI is InChI=1S/C11H21NO2/c1-6-7-14-11(13)8-12(9(2)3)10(4)5/h6,9-10H,1,7-8H2,2-5H3. The molecule has 0 saturated carbocycles. The first kappa shape index (κ1) is 13.2. The molecule has 0 aromatic carbocycles. The summed E-state index contributed by atoms with van der Waals surface area (Å²) in [6.45, 7) is 12.4. The van der Waals surface area contributed by atoms with E-state index < -0.39 is 0 Å². The van der Waals surface area contributed by atoms with Gasteiger partial charge in [-0.3, -0.25) is 9.69 Å². The van der Waals surface area contributed by atoms with E-state index in [1.165, 1.54) is 0 Å². The first-order valence-electron chi connectivity index (χ1n) is 5.01. The van der Waals surface area contributed by atoms with Crippen molar-refractivity contribution >= 4 is 5.97 Å². The van der Waals surface area contributed by atoms with Crippen LogP contribution in [0.1, 0.15) is 27.7 Å². The molecule has 0 heterocycles. The minimum absolute atomic E-state index is 0.188. The monoisotopic (exact) mass is 199 g/mol. The van der Waals surface area contributed by atoms with Crippen molar-refractivity contribution in [1.82, 2.24) is 4.90 Å². The number of esters is 1. The third-order valence-electron chi connectivity index (χ3n) is 2.00. The fourth-order valence-corrected chi connectivity index (χ4v) is 1.31. The van der Waals surface area contributed by atoms with Crippen molar-refractivity contribution in [3.8, 4) is 0 Å². The molecular weight excluding hydrogens is 178 g/mol. The lowest BCUT2D eigenvalue weighted by molar-refractivity contribution is -0.144. The van der Waals surface area contributed by atoms with Crippen molar-refractivity contribution in [3.05, 3.63) is 12.7 Å². The summed E-state index contributed by atoms with van der Waals surface area (Å²) < 4.78 is 4.92. The van der Waals surface area contributed by atoms with Crippen LogP contribution in [0.25, 0.3) is 0 Å². The predicted molar refractivity (Wildman–Crippen MR) is 58.1 cm³/mol. The number of hydrogen-bond donors (Lipinski definition) is 0. The van der Waals surface area contributed by atoms with Gasteiger partial charge in [0, 0.05) is 12.1 Å². The highest BCUT2D eigenvalue weighted by Gasteiger charge is 2.17. The van der Waals surface area contributed by atoms with Gasteiger partial charge in [-0.1, -0.05) is 12.7 Å². The lowest BCUT2D eigenvalue weighted by Crippen LogP contribution is -2.41. The fourth-order valence-electron chi connectivity index (χ4n) is 1.31. The second-order valence-electron chi connectivity index (χ2n) is 3.83. The van der Waals surface area contributed by atoms with Gasteiger partial charge in [0.15, 0.2) is 0 Å². The topological polar surface area (TPSA) is 29.5 Å². The van der Waals surface area contributed by atoms with Gasteiger partial charge in [0.05, 0.1) is 6.54 Å². The highest BCUT2D eigenvalue weighted by molar-refractivity contribution is 5.71. The molecule has 0 aliphatic carbocycles. The summed E-state index contributed by atoms with van der Waals surface area (Å²) in [6, 6.07) is 0.706. The van der Waals surface area contributed by atoms with Crippen LogP contribution in [0.4, 0.5) is 0 Å². The second-order valence-corrected chi connectivity index (χ2v) is 3.83. The van der Waals surface area contributed by atoms with Gasteiger partial charge in [-0.15, -0.1) is 0 Å². The Morgan fingerprint density at radius 1 is 1.36 bits per heavy atom. The van der Waals surface area contributed by atoms with E-state index in [9.17, 15) is 4.79 Å². The zero-order valence-electron chi connectivity index (χ0n) is 9.62. The fraction of sp³-hybridized carbons (Fsp3) is 0.727. The molecule has 0 aliphatic heterocycles. The van der Waals surface area contributed by atoms with E-state index in [1.54, 1.807) is 6.08 Å². The summed E-state index contributed by atoms with van der Waals surface area (Å²) in [4.78, 5) is 13.4. The summed E-state index contributed by atoms with van der Waals surface area (Å²) in [5.74, 6) is -0.188. The van der Waals surface area contributed by atoms with Crippen LogP contribution in [-0.2, 0) is 9.53 Å². The maximum atomic E-state index is 11.3. The lowest BCUT2D eigenvalue weighted by atomic mass is 10.2. The molecule has 0 rings (SSSR count). The normalized spacial score (nSPS) is 11.1. The number of ether oxygens (including phenoxy) is 1. The molecule has 0 aromatic rings. The van der Waals surface area contributed by atoms with E-state index in [1.807, 2.05) is 0 Å². The zero-order valence-corrected chi connectivity index (χ0v) is 9.62. The van der Waals surface area contributed by atoms with Crippen LogP contribution in [0.3, 0.4) is 0 Å². The van der Waals surface area contributed by atoms with E-state index in [2.05, 4.69) is 39.2 Å². The highest BCUT2D eigenvalue weighted by atomic mass is 16.5. The Kier molecular flexibility index (Phi) is 6.21. The third-order valence-corrected chi connectivity index (χ3v) is 2.00. The molecule has 0 amide bonds. The molecule has 0 bridgehead atoms. The minimum Gasteiger partial charge on any atom is -0.461 e. The second kappa shape index (κ2) is 6.60. The van der Waals surface area contributed by atoms with Crippen molar-refractivity contribution in [2.24, 2.45) is 0 Å². The van der Waals surface area contributed by atoms with E-state index in [0.29, 0.717) is 25.2 Å². The van der Waals surface area contributed by atoms with Crippen LogP contribution in [0.5, 0.6) is 0 Å². The molecule has 14 heavy (non-hydrogen) atoms. The van der Waals surface area contributed by atoms with Crippen molar-refractivity contribution in [2.75, 3.05) is 13.2 Å². The number of hydrogen-bond acceptors (Lipinski definition) is 3. The summed E-state index contributed by atoms with van der Waals surface area (Å²) >= 11 is 0. The number of carbonyl (C=O) groups is 1. The van der Waals surface area contributed by atoms with Crippen LogP contribution in [0, 0.1) is 0 Å². The molecule has 82 valence electrons. The van der Waals surface area contributed by atoms with Crippen LogP contribution >= 0.6 is 0 Å².